The Hall–Kier alpha value is -2.61. The molecule has 8 nitrogen and oxygen atoms in total. The van der Waals surface area contributed by atoms with Crippen molar-refractivity contribution in [2.75, 3.05) is 16.8 Å². The van der Waals surface area contributed by atoms with Crippen molar-refractivity contribution >= 4 is 28.0 Å². The number of benzene rings is 1. The predicted octanol–water partition coefficient (Wildman–Crippen LogP) is 2.70. The van der Waals surface area contributed by atoms with Gasteiger partial charge in [0.1, 0.15) is 11.4 Å². The largest absolute Gasteiger partial charge is 0.365 e. The van der Waals surface area contributed by atoms with E-state index in [0.29, 0.717) is 5.69 Å². The van der Waals surface area contributed by atoms with Gasteiger partial charge in [-0.1, -0.05) is 0 Å². The molecule has 2 heterocycles. The molecule has 1 fully saturated rings. The van der Waals surface area contributed by atoms with E-state index in [1.807, 2.05) is 0 Å². The van der Waals surface area contributed by atoms with Gasteiger partial charge in [-0.2, -0.15) is 21.0 Å². The van der Waals surface area contributed by atoms with Crippen LogP contribution in [0.4, 0.5) is 15.9 Å². The average molecular weight is 379 g/mol. The number of carbonyl (C=O) groups excluding carboxylic acids is 1. The fraction of sp³-hybridized carbons (Fsp3) is 0.312. The quantitative estimate of drug-likeness (QED) is 0.644. The second-order valence-electron chi connectivity index (χ2n) is 6.53. The molecule has 0 bridgehead atoms. The predicted molar refractivity (Wildman–Crippen MR) is 95.8 cm³/mol. The molecule has 1 amide bonds. The number of halogens is 1. The number of primary amides is 1. The van der Waals surface area contributed by atoms with E-state index < -0.39 is 33.8 Å². The molecule has 3 rings (SSSR count). The number of hydrogen-bond acceptors (Lipinski definition) is 6. The van der Waals surface area contributed by atoms with Gasteiger partial charge in [0.05, 0.1) is 29.0 Å². The molecule has 10 heteroatoms. The van der Waals surface area contributed by atoms with E-state index in [9.17, 15) is 23.6 Å². The molecule has 1 aliphatic heterocycles. The molecule has 0 saturated carbocycles. The molecule has 2 atom stereocenters. The summed E-state index contributed by atoms with van der Waals surface area (Å²) in [6, 6.07) is 6.95. The summed E-state index contributed by atoms with van der Waals surface area (Å²) in [4.78, 5) is 11.8. The number of nitrogens with zero attached hydrogens (tertiary/aromatic N) is 3. The van der Waals surface area contributed by atoms with Gasteiger partial charge in [-0.25, -0.2) is 4.39 Å². The minimum Gasteiger partial charge on any atom is -0.365 e. The summed E-state index contributed by atoms with van der Waals surface area (Å²) in [6.45, 7) is 1.62. The summed E-state index contributed by atoms with van der Waals surface area (Å²) >= 11 is 0. The van der Waals surface area contributed by atoms with Gasteiger partial charge >= 0.3 is 0 Å². The van der Waals surface area contributed by atoms with Crippen LogP contribution in [-0.4, -0.2) is 36.3 Å². The first kappa shape index (κ1) is 18.2. The highest BCUT2D eigenvalue weighted by Gasteiger charge is 2.49. The third-order valence-electron chi connectivity index (χ3n) is 4.37. The average Bonchev–Trinajstić information content (AvgIpc) is 3.08. The Kier molecular flexibility index (Phi) is 4.39. The number of nitrogens with two attached hydrogens (primary N) is 1. The number of nitriles is 1. The topological polar surface area (TPSA) is 137 Å². The number of aromatic nitrogens is 2. The molecule has 2 aromatic rings. The zero-order chi connectivity index (χ0) is 19.1. The van der Waals surface area contributed by atoms with E-state index >= 15 is 0 Å². The van der Waals surface area contributed by atoms with Crippen molar-refractivity contribution in [2.45, 2.75) is 13.0 Å². The smallest absolute Gasteiger partial charge is 0.254 e. The maximum atomic E-state index is 13.0. The first-order chi connectivity index (χ1) is 12.1. The standard InChI is InChI=1S/C16H18FN5O3S/c1-16(8-18)9-26(24,25)7-13(16)22-6-12(14(19)23)15(21-22)20-11-4-2-10(17)3-5-11/h2-6,13,24-25H,7,9H2,1H3,(H2,19,23)(H,20,21)/t13-,16+/m0/s1. The molecule has 26 heavy (non-hydrogen) atoms. The Morgan fingerprint density at radius 1 is 1.50 bits per heavy atom. The van der Waals surface area contributed by atoms with Crippen LogP contribution in [0.1, 0.15) is 23.3 Å². The van der Waals surface area contributed by atoms with Crippen molar-refractivity contribution in [3.8, 4) is 6.07 Å². The van der Waals surface area contributed by atoms with E-state index in [2.05, 4.69) is 16.5 Å². The molecule has 1 aromatic heterocycles. The second kappa shape index (κ2) is 6.28. The van der Waals surface area contributed by atoms with E-state index in [1.54, 1.807) is 6.92 Å². The van der Waals surface area contributed by atoms with Gasteiger partial charge in [0, 0.05) is 11.9 Å². The fourth-order valence-corrected chi connectivity index (χ4v) is 5.40. The number of carbonyl (C=O) groups is 1. The number of anilines is 2. The second-order valence-corrected chi connectivity index (χ2v) is 8.75. The van der Waals surface area contributed by atoms with Crippen LogP contribution < -0.4 is 11.1 Å². The highest BCUT2D eigenvalue weighted by molar-refractivity contribution is 8.24. The van der Waals surface area contributed by atoms with E-state index in [-0.39, 0.29) is 22.9 Å². The van der Waals surface area contributed by atoms with Crippen molar-refractivity contribution < 1.29 is 18.3 Å². The third-order valence-corrected chi connectivity index (χ3v) is 6.28. The lowest BCUT2D eigenvalue weighted by atomic mass is 9.87. The monoisotopic (exact) mass is 379 g/mol. The number of hydrogen-bond donors (Lipinski definition) is 4. The maximum absolute atomic E-state index is 13.0. The van der Waals surface area contributed by atoms with Crippen LogP contribution in [0, 0.1) is 22.6 Å². The molecule has 0 unspecified atom stereocenters. The highest BCUT2D eigenvalue weighted by Crippen LogP contribution is 2.58. The summed E-state index contributed by atoms with van der Waals surface area (Å²) in [7, 11) is -2.91. The number of amides is 1. The number of rotatable bonds is 4. The van der Waals surface area contributed by atoms with Crippen LogP contribution in [0.2, 0.25) is 0 Å². The van der Waals surface area contributed by atoms with E-state index in [0.717, 1.165) is 0 Å². The van der Waals surface area contributed by atoms with E-state index in [4.69, 9.17) is 5.73 Å². The zero-order valence-corrected chi connectivity index (χ0v) is 14.7. The van der Waals surface area contributed by atoms with Crippen LogP contribution in [0.25, 0.3) is 0 Å². The Balaban J connectivity index is 1.98. The van der Waals surface area contributed by atoms with E-state index in [1.165, 1.54) is 35.1 Å². The summed E-state index contributed by atoms with van der Waals surface area (Å²) in [5, 5.41) is 16.7. The Morgan fingerprint density at radius 2 is 2.15 bits per heavy atom. The lowest BCUT2D eigenvalue weighted by molar-refractivity contribution is 0.100. The lowest BCUT2D eigenvalue weighted by Crippen LogP contribution is -2.27. The zero-order valence-electron chi connectivity index (χ0n) is 13.9. The summed E-state index contributed by atoms with van der Waals surface area (Å²) in [5.74, 6) is -1.09. The molecule has 1 aromatic carbocycles. The third kappa shape index (κ3) is 3.37. The first-order valence-corrected chi connectivity index (χ1v) is 9.58. The van der Waals surface area contributed by atoms with Crippen LogP contribution in [-0.2, 0) is 0 Å². The fourth-order valence-electron chi connectivity index (χ4n) is 3.04. The number of nitrogens with one attached hydrogen (secondary N) is 1. The highest BCUT2D eigenvalue weighted by atomic mass is 32.3. The summed E-state index contributed by atoms with van der Waals surface area (Å²) in [6.07, 6.45) is 1.38. The van der Waals surface area contributed by atoms with Gasteiger partial charge in [-0.15, -0.1) is 0 Å². The molecule has 0 radical (unpaired) electrons. The molecule has 0 aliphatic carbocycles. The molecule has 138 valence electrons. The van der Waals surface area contributed by atoms with Crippen LogP contribution >= 0.6 is 10.6 Å². The van der Waals surface area contributed by atoms with Crippen molar-refractivity contribution in [1.29, 1.82) is 5.26 Å². The van der Waals surface area contributed by atoms with Crippen molar-refractivity contribution in [2.24, 2.45) is 11.1 Å². The minimum absolute atomic E-state index is 0.0348. The van der Waals surface area contributed by atoms with Gasteiger partial charge in [0.25, 0.3) is 5.91 Å². The normalized spacial score (nSPS) is 25.4. The van der Waals surface area contributed by atoms with Crippen molar-refractivity contribution in [3.63, 3.8) is 0 Å². The van der Waals surface area contributed by atoms with Crippen LogP contribution in [0.3, 0.4) is 0 Å². The SMILES string of the molecule is C[C@@]1(C#N)CS(O)(O)C[C@@H]1n1cc(C(N)=O)c(Nc2ccc(F)cc2)n1. The van der Waals surface area contributed by atoms with Crippen molar-refractivity contribution in [1.82, 2.24) is 9.78 Å². The summed E-state index contributed by atoms with van der Waals surface area (Å²) < 4.78 is 34.5. The van der Waals surface area contributed by atoms with Gasteiger partial charge in [-0.3, -0.25) is 18.6 Å². The van der Waals surface area contributed by atoms with Crippen LogP contribution in [0.15, 0.2) is 30.5 Å². The lowest BCUT2D eigenvalue weighted by Gasteiger charge is -2.26. The molecule has 1 aliphatic rings. The molecular weight excluding hydrogens is 361 g/mol. The Morgan fingerprint density at radius 3 is 2.73 bits per heavy atom. The Labute approximate surface area is 150 Å². The first-order valence-electron chi connectivity index (χ1n) is 7.70. The molecular formula is C16H18FN5O3S. The van der Waals surface area contributed by atoms with Crippen LogP contribution in [0.5, 0.6) is 0 Å². The molecule has 0 spiro atoms. The maximum Gasteiger partial charge on any atom is 0.254 e. The van der Waals surface area contributed by atoms with Crippen molar-refractivity contribution in [3.05, 3.63) is 41.8 Å². The Bertz CT molecular complexity index is 892. The van der Waals surface area contributed by atoms with Gasteiger partial charge in [-0.05, 0) is 31.2 Å². The van der Waals surface area contributed by atoms with Gasteiger partial charge in [0.15, 0.2) is 5.82 Å². The molecule has 5 N–H and O–H groups in total. The van der Waals surface area contributed by atoms with Gasteiger partial charge in [0.2, 0.25) is 0 Å². The van der Waals surface area contributed by atoms with Gasteiger partial charge < -0.3 is 11.1 Å². The summed E-state index contributed by atoms with van der Waals surface area (Å²) in [5.41, 5.74) is 4.94. The molecule has 1 saturated heterocycles. The minimum atomic E-state index is -2.91.